The van der Waals surface area contributed by atoms with Gasteiger partial charge in [-0.15, -0.1) is 11.8 Å². The van der Waals surface area contributed by atoms with Crippen LogP contribution in [0.1, 0.15) is 95.1 Å². The van der Waals surface area contributed by atoms with E-state index < -0.39 is 0 Å². The van der Waals surface area contributed by atoms with E-state index in [1.165, 1.54) is 16.9 Å². The maximum absolute atomic E-state index is 13.3. The molecular weight excluding hydrogens is 464 g/mol. The number of Topliss-reactive ketones (excluding diaryl/α,β-unsaturated/α-hetero) is 1. The number of rotatable bonds is 12. The van der Waals surface area contributed by atoms with E-state index in [1.807, 2.05) is 24.3 Å². The lowest BCUT2D eigenvalue weighted by atomic mass is 9.83. The summed E-state index contributed by atoms with van der Waals surface area (Å²) < 4.78 is 0. The van der Waals surface area contributed by atoms with Crippen LogP contribution >= 0.6 is 11.8 Å². The molecule has 2 heterocycles. The van der Waals surface area contributed by atoms with Gasteiger partial charge >= 0.3 is 0 Å². The van der Waals surface area contributed by atoms with Crippen molar-refractivity contribution in [3.8, 4) is 0 Å². The van der Waals surface area contributed by atoms with Crippen LogP contribution in [0.5, 0.6) is 0 Å². The van der Waals surface area contributed by atoms with E-state index in [2.05, 4.69) is 50.0 Å². The van der Waals surface area contributed by atoms with Crippen LogP contribution in [-0.2, 0) is 4.79 Å². The molecule has 0 N–H and O–H groups in total. The Labute approximate surface area is 221 Å². The molecule has 1 aromatic rings. The predicted molar refractivity (Wildman–Crippen MR) is 154 cm³/mol. The van der Waals surface area contributed by atoms with Crippen molar-refractivity contribution in [2.24, 2.45) is 33.7 Å². The highest BCUT2D eigenvalue weighted by Crippen LogP contribution is 2.44. The third-order valence-electron chi connectivity index (χ3n) is 7.60. The van der Waals surface area contributed by atoms with E-state index in [0.717, 1.165) is 55.2 Å². The van der Waals surface area contributed by atoms with E-state index in [9.17, 15) is 9.59 Å². The first kappa shape index (κ1) is 28.3. The number of aliphatic imine (C=N–C) groups is 2. The molecule has 0 spiro atoms. The molecule has 0 amide bonds. The zero-order valence-corrected chi connectivity index (χ0v) is 23.4. The van der Waals surface area contributed by atoms with Crippen molar-refractivity contribution < 1.29 is 9.59 Å². The first-order valence-corrected chi connectivity index (χ1v) is 14.4. The number of carbonyl (C=O) groups is 2. The highest BCUT2D eigenvalue weighted by Gasteiger charge is 2.27. The second-order valence-electron chi connectivity index (χ2n) is 10.8. The van der Waals surface area contributed by atoms with Gasteiger partial charge in [-0.05, 0) is 66.2 Å². The van der Waals surface area contributed by atoms with Crippen LogP contribution in [0.3, 0.4) is 0 Å². The predicted octanol–water partition coefficient (Wildman–Crippen LogP) is 8.05. The zero-order chi connectivity index (χ0) is 26.1. The van der Waals surface area contributed by atoms with Gasteiger partial charge in [-0.3, -0.25) is 19.6 Å². The van der Waals surface area contributed by atoms with Gasteiger partial charge in [0.2, 0.25) is 0 Å². The van der Waals surface area contributed by atoms with Gasteiger partial charge in [-0.2, -0.15) is 0 Å². The number of carbonyl (C=O) groups excluding carboxylic acids is 2. The van der Waals surface area contributed by atoms with Gasteiger partial charge in [-0.1, -0.05) is 64.0 Å². The highest BCUT2D eigenvalue weighted by atomic mass is 32.2. The second-order valence-corrected chi connectivity index (χ2v) is 11.7. The van der Waals surface area contributed by atoms with Crippen molar-refractivity contribution in [3.05, 3.63) is 56.9 Å². The maximum Gasteiger partial charge on any atom is 0.163 e. The number of ketones is 1. The summed E-state index contributed by atoms with van der Waals surface area (Å²) in [6, 6.07) is 7.95. The average molecular weight is 507 g/mol. The fraction of sp³-hybridized carbons (Fsp3) is 0.548. The van der Waals surface area contributed by atoms with Crippen LogP contribution in [-0.4, -0.2) is 31.0 Å². The molecule has 2 aliphatic rings. The zero-order valence-electron chi connectivity index (χ0n) is 22.6. The standard InChI is InChI=1S/C31H42N2O2S/c1-21(2)10-12-25(31-24(5)23(4)26(19-34)20-36-31)18-22(3)11-13-30(35)28-9-7-6-8-27(28)29-14-15-32-16-17-33-29/h6-9,16-17,19-23,25,29H,10-15,18H2,1-5H3. The summed E-state index contributed by atoms with van der Waals surface area (Å²) in [4.78, 5) is 35.1. The normalized spacial score (nSPS) is 21.8. The fourth-order valence-corrected chi connectivity index (χ4v) is 6.45. The molecule has 4 unspecified atom stereocenters. The van der Waals surface area contributed by atoms with E-state index in [-0.39, 0.29) is 17.7 Å². The van der Waals surface area contributed by atoms with Crippen LogP contribution in [0.4, 0.5) is 0 Å². The van der Waals surface area contributed by atoms with Crippen LogP contribution in [0.15, 0.2) is 55.7 Å². The number of hydrogen-bond acceptors (Lipinski definition) is 5. The largest absolute Gasteiger partial charge is 0.298 e. The van der Waals surface area contributed by atoms with Crippen molar-refractivity contribution in [3.63, 3.8) is 0 Å². The molecule has 194 valence electrons. The summed E-state index contributed by atoms with van der Waals surface area (Å²) in [6.07, 6.45) is 10.2. The topological polar surface area (TPSA) is 58.9 Å². The van der Waals surface area contributed by atoms with Crippen molar-refractivity contribution >= 4 is 36.3 Å². The fourth-order valence-electron chi connectivity index (χ4n) is 5.16. The maximum atomic E-state index is 13.3. The molecule has 0 saturated heterocycles. The van der Waals surface area contributed by atoms with Gasteiger partial charge in [0.25, 0.3) is 0 Å². The number of thioether (sulfide) groups is 1. The highest BCUT2D eigenvalue weighted by molar-refractivity contribution is 8.05. The molecule has 1 aromatic carbocycles. The van der Waals surface area contributed by atoms with E-state index in [1.54, 1.807) is 24.2 Å². The van der Waals surface area contributed by atoms with Gasteiger partial charge in [-0.25, -0.2) is 0 Å². The molecule has 3 rings (SSSR count). The second kappa shape index (κ2) is 13.9. The SMILES string of the molecule is CC1=C(C(CCC(C)C)CC(C)CCC(=O)c2ccccc2C2CCN=CC=N2)SC=C(C=O)C1C. The molecule has 0 fully saturated rings. The Balaban J connectivity index is 1.67. The van der Waals surface area contributed by atoms with Crippen LogP contribution in [0.25, 0.3) is 0 Å². The van der Waals surface area contributed by atoms with E-state index in [0.29, 0.717) is 24.2 Å². The first-order chi connectivity index (χ1) is 17.3. The minimum Gasteiger partial charge on any atom is -0.298 e. The van der Waals surface area contributed by atoms with Gasteiger partial charge in [0.15, 0.2) is 5.78 Å². The van der Waals surface area contributed by atoms with Crippen molar-refractivity contribution in [1.29, 1.82) is 0 Å². The molecule has 2 aliphatic heterocycles. The van der Waals surface area contributed by atoms with E-state index >= 15 is 0 Å². The summed E-state index contributed by atoms with van der Waals surface area (Å²) >= 11 is 1.75. The lowest BCUT2D eigenvalue weighted by molar-refractivity contribution is -0.105. The molecule has 0 aliphatic carbocycles. The third kappa shape index (κ3) is 7.61. The summed E-state index contributed by atoms with van der Waals surface area (Å²) in [5, 5.41) is 2.05. The molecule has 4 nitrogen and oxygen atoms in total. The summed E-state index contributed by atoms with van der Waals surface area (Å²) in [6.45, 7) is 11.9. The Morgan fingerprint density at radius 2 is 1.92 bits per heavy atom. The van der Waals surface area contributed by atoms with Crippen LogP contribution < -0.4 is 0 Å². The number of benzene rings is 1. The molecule has 0 radical (unpaired) electrons. The molecular formula is C31H42N2O2S. The van der Waals surface area contributed by atoms with Crippen LogP contribution in [0, 0.1) is 23.7 Å². The number of aldehydes is 1. The number of hydrogen-bond donors (Lipinski definition) is 0. The minimum atomic E-state index is -0.00460. The quantitative estimate of drug-likeness (QED) is 0.213. The summed E-state index contributed by atoms with van der Waals surface area (Å²) in [5.74, 6) is 1.97. The Morgan fingerprint density at radius 1 is 1.14 bits per heavy atom. The van der Waals surface area contributed by atoms with Gasteiger partial charge in [0.1, 0.15) is 6.29 Å². The summed E-state index contributed by atoms with van der Waals surface area (Å²) in [7, 11) is 0. The lowest BCUT2D eigenvalue weighted by Gasteiger charge is -2.30. The average Bonchev–Trinajstić information content (AvgIpc) is 3.16. The Hall–Kier alpha value is -2.27. The van der Waals surface area contributed by atoms with Crippen LogP contribution in [0.2, 0.25) is 0 Å². The van der Waals surface area contributed by atoms with Gasteiger partial charge in [0.05, 0.1) is 6.04 Å². The monoisotopic (exact) mass is 506 g/mol. The van der Waals surface area contributed by atoms with Gasteiger partial charge in [0, 0.05) is 42.4 Å². The molecule has 36 heavy (non-hydrogen) atoms. The van der Waals surface area contributed by atoms with Crippen molar-refractivity contribution in [2.45, 2.75) is 79.2 Å². The number of allylic oxidation sites excluding steroid dienone is 3. The minimum absolute atomic E-state index is 0.00460. The molecule has 4 atom stereocenters. The summed E-state index contributed by atoms with van der Waals surface area (Å²) in [5.41, 5.74) is 4.05. The first-order valence-electron chi connectivity index (χ1n) is 13.5. The van der Waals surface area contributed by atoms with E-state index in [4.69, 9.17) is 0 Å². The molecule has 0 saturated carbocycles. The third-order valence-corrected chi connectivity index (χ3v) is 8.90. The lowest BCUT2D eigenvalue weighted by Crippen LogP contribution is -2.16. The van der Waals surface area contributed by atoms with Crippen molar-refractivity contribution in [2.75, 3.05) is 6.54 Å². The molecule has 0 aromatic heterocycles. The van der Waals surface area contributed by atoms with Crippen molar-refractivity contribution in [1.82, 2.24) is 0 Å². The Kier molecular flexibility index (Phi) is 10.9. The molecule has 5 heteroatoms. The number of nitrogens with zero attached hydrogens (tertiary/aromatic N) is 2. The van der Waals surface area contributed by atoms with Gasteiger partial charge < -0.3 is 0 Å². The molecule has 0 bridgehead atoms. The Morgan fingerprint density at radius 3 is 2.67 bits per heavy atom. The smallest absolute Gasteiger partial charge is 0.163 e. The Bertz CT molecular complexity index is 1040.